The van der Waals surface area contributed by atoms with Gasteiger partial charge in [0, 0.05) is 4.47 Å². The second-order valence-corrected chi connectivity index (χ2v) is 5.15. The van der Waals surface area contributed by atoms with Crippen molar-refractivity contribution in [2.75, 3.05) is 5.43 Å². The van der Waals surface area contributed by atoms with E-state index in [1.54, 1.807) is 18.1 Å². The van der Waals surface area contributed by atoms with Crippen LogP contribution in [0.25, 0.3) is 0 Å². The second-order valence-electron chi connectivity index (χ2n) is 3.17. The van der Waals surface area contributed by atoms with Gasteiger partial charge in [0.1, 0.15) is 11.7 Å². The quantitative estimate of drug-likeness (QED) is 0.872. The lowest BCUT2D eigenvalue weighted by atomic mass is 10.2. The van der Waals surface area contributed by atoms with E-state index in [0.29, 0.717) is 0 Å². The molecule has 0 fully saturated rings. The van der Waals surface area contributed by atoms with E-state index in [1.165, 1.54) is 5.56 Å². The molecule has 1 aromatic heterocycles. The predicted molar refractivity (Wildman–Crippen MR) is 62.1 cm³/mol. The van der Waals surface area contributed by atoms with Crippen LogP contribution in [0.3, 0.4) is 0 Å². The fraction of sp³-hybridized carbons (Fsp3) is 0.111. The maximum absolute atomic E-state index is 4.00. The zero-order valence-electron chi connectivity index (χ0n) is 7.59. The molecule has 1 aromatic carbocycles. The first kappa shape index (κ1) is 9.23. The molecule has 1 N–H and O–H groups in total. The van der Waals surface area contributed by atoms with Crippen LogP contribution in [-0.4, -0.2) is 14.9 Å². The molecule has 1 aliphatic heterocycles. The number of halogens is 1. The van der Waals surface area contributed by atoms with Gasteiger partial charge in [0.25, 0.3) is 0 Å². The van der Waals surface area contributed by atoms with Crippen molar-refractivity contribution in [3.05, 3.63) is 40.6 Å². The number of hydrogen-bond acceptors (Lipinski definition) is 4. The van der Waals surface area contributed by atoms with E-state index in [2.05, 4.69) is 43.7 Å². The van der Waals surface area contributed by atoms with Crippen molar-refractivity contribution in [1.82, 2.24) is 14.9 Å². The van der Waals surface area contributed by atoms with Crippen molar-refractivity contribution in [3.63, 3.8) is 0 Å². The Morgan fingerprint density at radius 3 is 3.20 bits per heavy atom. The minimum absolute atomic E-state index is 0.216. The zero-order valence-corrected chi connectivity index (χ0v) is 9.99. The fourth-order valence-electron chi connectivity index (χ4n) is 1.46. The molecule has 1 atom stereocenters. The van der Waals surface area contributed by atoms with Gasteiger partial charge in [-0.2, -0.15) is 0 Å². The highest BCUT2D eigenvalue weighted by molar-refractivity contribution is 9.10. The molecule has 1 aliphatic rings. The average molecular weight is 283 g/mol. The smallest absolute Gasteiger partial charge is 0.212 e. The van der Waals surface area contributed by atoms with Gasteiger partial charge < -0.3 is 5.43 Å². The Bertz CT molecular complexity index is 478. The fourth-order valence-corrected chi connectivity index (χ4v) is 2.85. The highest BCUT2D eigenvalue weighted by Gasteiger charge is 2.24. The van der Waals surface area contributed by atoms with Crippen LogP contribution in [0.2, 0.25) is 0 Å². The summed E-state index contributed by atoms with van der Waals surface area (Å²) in [6.45, 7) is 0. The first-order valence-corrected chi connectivity index (χ1v) is 6.09. The second kappa shape index (κ2) is 3.53. The van der Waals surface area contributed by atoms with Crippen molar-refractivity contribution < 1.29 is 0 Å². The van der Waals surface area contributed by atoms with Crippen LogP contribution in [-0.2, 0) is 0 Å². The summed E-state index contributed by atoms with van der Waals surface area (Å²) in [7, 11) is 0. The molecule has 0 amide bonds. The molecule has 4 nitrogen and oxygen atoms in total. The summed E-state index contributed by atoms with van der Waals surface area (Å²) >= 11 is 5.13. The molecule has 2 heterocycles. The van der Waals surface area contributed by atoms with Gasteiger partial charge in [0.05, 0.1) is 0 Å². The van der Waals surface area contributed by atoms with Crippen LogP contribution < -0.4 is 5.43 Å². The summed E-state index contributed by atoms with van der Waals surface area (Å²) in [5.41, 5.74) is 4.51. The summed E-state index contributed by atoms with van der Waals surface area (Å²) in [6, 6.07) is 8.24. The molecule has 76 valence electrons. The lowest BCUT2D eigenvalue weighted by Gasteiger charge is -2.10. The van der Waals surface area contributed by atoms with E-state index in [4.69, 9.17) is 0 Å². The van der Waals surface area contributed by atoms with E-state index in [9.17, 15) is 0 Å². The van der Waals surface area contributed by atoms with Crippen molar-refractivity contribution in [2.24, 2.45) is 0 Å². The van der Waals surface area contributed by atoms with Crippen LogP contribution in [0.5, 0.6) is 0 Å². The van der Waals surface area contributed by atoms with Crippen LogP contribution in [0, 0.1) is 0 Å². The maximum Gasteiger partial charge on any atom is 0.212 e. The van der Waals surface area contributed by atoms with Gasteiger partial charge in [-0.1, -0.05) is 39.8 Å². The lowest BCUT2D eigenvalue weighted by Crippen LogP contribution is -2.10. The molecule has 0 saturated carbocycles. The van der Waals surface area contributed by atoms with E-state index in [-0.39, 0.29) is 5.37 Å². The summed E-state index contributed by atoms with van der Waals surface area (Å²) in [5.74, 6) is 0. The van der Waals surface area contributed by atoms with Crippen molar-refractivity contribution in [2.45, 2.75) is 10.5 Å². The third-order valence-electron chi connectivity index (χ3n) is 2.15. The summed E-state index contributed by atoms with van der Waals surface area (Å²) in [5, 5.41) is 8.92. The lowest BCUT2D eigenvalue weighted by molar-refractivity contribution is 0.786. The SMILES string of the molecule is Brc1cccc(C2Nn3cnnc3S2)c1. The Kier molecular flexibility index (Phi) is 2.17. The predicted octanol–water partition coefficient (Wildman–Crippen LogP) is 2.39. The van der Waals surface area contributed by atoms with Gasteiger partial charge >= 0.3 is 0 Å². The Labute approximate surface area is 99.2 Å². The standard InChI is InChI=1S/C9H7BrN4S/c10-7-3-1-2-6(4-7)8-13-14-5-11-12-9(14)15-8/h1-5,8,13H. The van der Waals surface area contributed by atoms with Gasteiger partial charge in [-0.05, 0) is 17.7 Å². The van der Waals surface area contributed by atoms with Crippen molar-refractivity contribution in [3.8, 4) is 0 Å². The highest BCUT2D eigenvalue weighted by Crippen LogP contribution is 2.37. The number of thioether (sulfide) groups is 1. The van der Waals surface area contributed by atoms with Crippen LogP contribution >= 0.6 is 27.7 Å². The highest BCUT2D eigenvalue weighted by atomic mass is 79.9. The minimum Gasteiger partial charge on any atom is -0.304 e. The number of benzene rings is 1. The van der Waals surface area contributed by atoms with Crippen LogP contribution in [0.1, 0.15) is 10.9 Å². The van der Waals surface area contributed by atoms with Crippen LogP contribution in [0.15, 0.2) is 40.2 Å². The normalized spacial score (nSPS) is 18.6. The van der Waals surface area contributed by atoms with Crippen LogP contribution in [0.4, 0.5) is 0 Å². The van der Waals surface area contributed by atoms with E-state index >= 15 is 0 Å². The molecule has 0 radical (unpaired) electrons. The molecule has 2 aromatic rings. The third-order valence-corrected chi connectivity index (χ3v) is 3.74. The Balaban J connectivity index is 1.90. The van der Waals surface area contributed by atoms with Gasteiger partial charge in [-0.25, -0.2) is 4.68 Å². The number of nitrogens with zero attached hydrogens (tertiary/aromatic N) is 3. The number of aromatic nitrogens is 3. The maximum atomic E-state index is 4.00. The summed E-state index contributed by atoms with van der Waals surface area (Å²) < 4.78 is 2.93. The molecule has 6 heteroatoms. The van der Waals surface area contributed by atoms with Gasteiger partial charge in [-0.3, -0.25) is 0 Å². The third kappa shape index (κ3) is 1.63. The molecular weight excluding hydrogens is 276 g/mol. The molecule has 1 unspecified atom stereocenters. The summed E-state index contributed by atoms with van der Waals surface area (Å²) in [6.07, 6.45) is 1.68. The van der Waals surface area contributed by atoms with Gasteiger partial charge in [0.15, 0.2) is 0 Å². The molecule has 3 rings (SSSR count). The number of fused-ring (bicyclic) bond motifs is 1. The van der Waals surface area contributed by atoms with Crippen molar-refractivity contribution >= 4 is 27.7 Å². The monoisotopic (exact) mass is 282 g/mol. The van der Waals surface area contributed by atoms with Gasteiger partial charge in [-0.15, -0.1) is 10.2 Å². The molecular formula is C9H7BrN4S. The molecule has 0 saturated heterocycles. The Morgan fingerprint density at radius 2 is 2.40 bits per heavy atom. The zero-order chi connectivity index (χ0) is 10.3. The molecule has 15 heavy (non-hydrogen) atoms. The average Bonchev–Trinajstić information content (AvgIpc) is 2.76. The first-order valence-electron chi connectivity index (χ1n) is 4.41. The minimum atomic E-state index is 0.216. The Hall–Kier alpha value is -1.01. The largest absolute Gasteiger partial charge is 0.304 e. The molecule has 0 spiro atoms. The van der Waals surface area contributed by atoms with E-state index in [0.717, 1.165) is 9.63 Å². The van der Waals surface area contributed by atoms with Crippen molar-refractivity contribution in [1.29, 1.82) is 0 Å². The number of hydrogen-bond donors (Lipinski definition) is 1. The Morgan fingerprint density at radius 1 is 1.47 bits per heavy atom. The number of nitrogens with one attached hydrogen (secondary N) is 1. The van der Waals surface area contributed by atoms with Gasteiger partial charge in [0.2, 0.25) is 5.16 Å². The first-order chi connectivity index (χ1) is 7.33. The van der Waals surface area contributed by atoms with E-state index in [1.807, 2.05) is 16.8 Å². The topological polar surface area (TPSA) is 42.7 Å². The summed E-state index contributed by atoms with van der Waals surface area (Å²) in [4.78, 5) is 0. The van der Waals surface area contributed by atoms with E-state index < -0.39 is 0 Å². The molecule has 0 bridgehead atoms. The number of rotatable bonds is 1. The molecule has 0 aliphatic carbocycles.